The predicted octanol–water partition coefficient (Wildman–Crippen LogP) is 0.900. The highest BCUT2D eigenvalue weighted by molar-refractivity contribution is 7.99. The van der Waals surface area contributed by atoms with Crippen LogP contribution in [0, 0.1) is 0 Å². The van der Waals surface area contributed by atoms with Crippen molar-refractivity contribution in [3.63, 3.8) is 0 Å². The van der Waals surface area contributed by atoms with Crippen LogP contribution in [-0.4, -0.2) is 40.0 Å². The molecular weight excluding hydrogens is 285 g/mol. The van der Waals surface area contributed by atoms with Crippen molar-refractivity contribution in [3.8, 4) is 0 Å². The van der Waals surface area contributed by atoms with E-state index in [0.717, 1.165) is 11.8 Å². The summed E-state index contributed by atoms with van der Waals surface area (Å²) in [4.78, 5) is 26.2. The van der Waals surface area contributed by atoms with Crippen LogP contribution in [0.15, 0.2) is 17.6 Å². The molecule has 2 N–H and O–H groups in total. The Bertz CT molecular complexity index is 461. The Kier molecular flexibility index (Phi) is 5.21. The number of alkyl halides is 3. The van der Waals surface area contributed by atoms with Gasteiger partial charge in [0.2, 0.25) is 5.91 Å². The van der Waals surface area contributed by atoms with E-state index in [0.29, 0.717) is 5.16 Å². The van der Waals surface area contributed by atoms with Crippen molar-refractivity contribution >= 4 is 23.7 Å². The second-order valence-corrected chi connectivity index (χ2v) is 4.40. The molecule has 1 heterocycles. The highest BCUT2D eigenvalue weighted by atomic mass is 32.2. The van der Waals surface area contributed by atoms with Gasteiger partial charge in [-0.25, -0.2) is 9.78 Å². The number of urea groups is 1. The van der Waals surface area contributed by atoms with Crippen LogP contribution < -0.4 is 10.6 Å². The van der Waals surface area contributed by atoms with Gasteiger partial charge in [-0.05, 0) is 0 Å². The zero-order chi connectivity index (χ0) is 14.5. The summed E-state index contributed by atoms with van der Waals surface area (Å²) in [5.41, 5.74) is 0. The normalized spacial score (nSPS) is 11.2. The first kappa shape index (κ1) is 15.3. The average molecular weight is 296 g/mol. The lowest BCUT2D eigenvalue weighted by atomic mass is 10.6. The van der Waals surface area contributed by atoms with Gasteiger partial charge in [-0.2, -0.15) is 13.2 Å². The van der Waals surface area contributed by atoms with E-state index in [-0.39, 0.29) is 5.75 Å². The molecule has 1 rings (SSSR count). The third-order valence-corrected chi connectivity index (χ3v) is 2.87. The molecule has 0 fully saturated rings. The summed E-state index contributed by atoms with van der Waals surface area (Å²) in [6.07, 6.45) is -1.30. The number of aromatic nitrogens is 2. The Morgan fingerprint density at radius 2 is 2.16 bits per heavy atom. The van der Waals surface area contributed by atoms with Crippen molar-refractivity contribution in [3.05, 3.63) is 12.4 Å². The number of imide groups is 1. The van der Waals surface area contributed by atoms with Crippen molar-refractivity contribution in [1.82, 2.24) is 20.2 Å². The second-order valence-electron chi connectivity index (χ2n) is 3.46. The summed E-state index contributed by atoms with van der Waals surface area (Å²) < 4.78 is 37.0. The number of halogens is 3. The number of imidazole rings is 1. The molecule has 0 radical (unpaired) electrons. The fourth-order valence-corrected chi connectivity index (χ4v) is 1.74. The van der Waals surface area contributed by atoms with Crippen LogP contribution in [0.2, 0.25) is 0 Å². The minimum absolute atomic E-state index is 0.121. The average Bonchev–Trinajstić information content (AvgIpc) is 2.69. The molecule has 0 bridgehead atoms. The van der Waals surface area contributed by atoms with Gasteiger partial charge in [-0.15, -0.1) is 0 Å². The zero-order valence-electron chi connectivity index (χ0n) is 9.82. The Labute approximate surface area is 110 Å². The van der Waals surface area contributed by atoms with Crippen molar-refractivity contribution in [2.24, 2.45) is 7.05 Å². The van der Waals surface area contributed by atoms with Gasteiger partial charge in [-0.3, -0.25) is 10.1 Å². The summed E-state index contributed by atoms with van der Waals surface area (Å²) in [6, 6.07) is -1.18. The molecule has 0 unspecified atom stereocenters. The Morgan fingerprint density at radius 1 is 1.47 bits per heavy atom. The SMILES string of the molecule is Cn1ccnc1SCC(=O)NC(=O)NCC(F)(F)F. The maximum Gasteiger partial charge on any atom is 0.405 e. The van der Waals surface area contributed by atoms with Crippen LogP contribution in [0.3, 0.4) is 0 Å². The molecule has 3 amide bonds. The van der Waals surface area contributed by atoms with Crippen molar-refractivity contribution in [2.45, 2.75) is 11.3 Å². The van der Waals surface area contributed by atoms with Gasteiger partial charge in [-0.1, -0.05) is 11.8 Å². The minimum atomic E-state index is -4.51. The van der Waals surface area contributed by atoms with E-state index >= 15 is 0 Å². The number of rotatable bonds is 4. The molecule has 6 nitrogen and oxygen atoms in total. The summed E-state index contributed by atoms with van der Waals surface area (Å²) in [7, 11) is 1.73. The van der Waals surface area contributed by atoms with Gasteiger partial charge in [0.1, 0.15) is 6.54 Å². The molecule has 0 saturated carbocycles. The predicted molar refractivity (Wildman–Crippen MR) is 61.5 cm³/mol. The number of amides is 3. The molecule has 0 aliphatic heterocycles. The standard InChI is InChI=1S/C9H11F3N4O2S/c1-16-3-2-13-8(16)19-4-6(17)15-7(18)14-5-9(10,11)12/h2-3H,4-5H2,1H3,(H2,14,15,17,18). The van der Waals surface area contributed by atoms with Gasteiger partial charge in [0.15, 0.2) is 5.16 Å². The number of hydrogen-bond donors (Lipinski definition) is 2. The number of carbonyl (C=O) groups excluding carboxylic acids is 2. The van der Waals surface area contributed by atoms with Crippen LogP contribution in [-0.2, 0) is 11.8 Å². The lowest BCUT2D eigenvalue weighted by Gasteiger charge is -2.08. The van der Waals surface area contributed by atoms with Crippen LogP contribution in [0.5, 0.6) is 0 Å². The van der Waals surface area contributed by atoms with E-state index in [9.17, 15) is 22.8 Å². The molecule has 0 atom stereocenters. The molecule has 0 saturated heterocycles. The zero-order valence-corrected chi connectivity index (χ0v) is 10.6. The monoisotopic (exact) mass is 296 g/mol. The van der Waals surface area contributed by atoms with E-state index < -0.39 is 24.7 Å². The molecule has 0 aromatic carbocycles. The number of nitrogens with zero attached hydrogens (tertiary/aromatic N) is 2. The molecular formula is C9H11F3N4O2S. The molecule has 0 aliphatic rings. The van der Waals surface area contributed by atoms with Gasteiger partial charge in [0.25, 0.3) is 0 Å². The lowest BCUT2D eigenvalue weighted by molar-refractivity contribution is -0.124. The summed E-state index contributed by atoms with van der Waals surface area (Å²) in [5, 5.41) is 3.88. The first-order chi connectivity index (χ1) is 8.78. The van der Waals surface area contributed by atoms with Crippen LogP contribution in [0.1, 0.15) is 0 Å². The van der Waals surface area contributed by atoms with Gasteiger partial charge in [0, 0.05) is 19.4 Å². The van der Waals surface area contributed by atoms with Crippen LogP contribution in [0.25, 0.3) is 0 Å². The minimum Gasteiger partial charge on any atom is -0.329 e. The van der Waals surface area contributed by atoms with Gasteiger partial charge in [0.05, 0.1) is 5.75 Å². The maximum atomic E-state index is 11.8. The molecule has 106 valence electrons. The lowest BCUT2D eigenvalue weighted by Crippen LogP contribution is -2.43. The van der Waals surface area contributed by atoms with Crippen molar-refractivity contribution < 1.29 is 22.8 Å². The number of thioether (sulfide) groups is 1. The van der Waals surface area contributed by atoms with Crippen LogP contribution >= 0.6 is 11.8 Å². The Hall–Kier alpha value is -1.71. The molecule has 0 spiro atoms. The first-order valence-corrected chi connectivity index (χ1v) is 6.01. The van der Waals surface area contributed by atoms with E-state index in [1.807, 2.05) is 0 Å². The third-order valence-electron chi connectivity index (χ3n) is 1.81. The number of carbonyl (C=O) groups is 2. The Balaban J connectivity index is 2.28. The second kappa shape index (κ2) is 6.45. The smallest absolute Gasteiger partial charge is 0.329 e. The fourth-order valence-electron chi connectivity index (χ4n) is 1.01. The number of aryl methyl sites for hydroxylation is 1. The molecule has 0 aliphatic carbocycles. The summed E-state index contributed by atoms with van der Waals surface area (Å²) in [5.74, 6) is -0.822. The first-order valence-electron chi connectivity index (χ1n) is 5.02. The van der Waals surface area contributed by atoms with E-state index in [1.165, 1.54) is 11.5 Å². The number of hydrogen-bond acceptors (Lipinski definition) is 4. The fraction of sp³-hybridized carbons (Fsp3) is 0.444. The number of nitrogens with one attached hydrogen (secondary N) is 2. The molecule has 10 heteroatoms. The maximum absolute atomic E-state index is 11.8. The molecule has 19 heavy (non-hydrogen) atoms. The van der Waals surface area contributed by atoms with Gasteiger partial charge < -0.3 is 9.88 Å². The third kappa shape index (κ3) is 6.13. The molecule has 1 aromatic heterocycles. The quantitative estimate of drug-likeness (QED) is 0.809. The van der Waals surface area contributed by atoms with Crippen molar-refractivity contribution in [2.75, 3.05) is 12.3 Å². The largest absolute Gasteiger partial charge is 0.405 e. The summed E-state index contributed by atoms with van der Waals surface area (Å²) in [6.45, 7) is -1.49. The van der Waals surface area contributed by atoms with Crippen LogP contribution in [0.4, 0.5) is 18.0 Å². The molecule has 1 aromatic rings. The Morgan fingerprint density at radius 3 is 2.68 bits per heavy atom. The topological polar surface area (TPSA) is 76.0 Å². The van der Waals surface area contributed by atoms with Crippen molar-refractivity contribution in [1.29, 1.82) is 0 Å². The summed E-state index contributed by atoms with van der Waals surface area (Å²) >= 11 is 1.07. The highest BCUT2D eigenvalue weighted by Gasteiger charge is 2.27. The van der Waals surface area contributed by atoms with Gasteiger partial charge >= 0.3 is 12.2 Å². The van der Waals surface area contributed by atoms with E-state index in [2.05, 4.69) is 4.98 Å². The van der Waals surface area contributed by atoms with E-state index in [1.54, 1.807) is 23.1 Å². The van der Waals surface area contributed by atoms with E-state index in [4.69, 9.17) is 0 Å². The highest BCUT2D eigenvalue weighted by Crippen LogP contribution is 2.13.